The van der Waals surface area contributed by atoms with E-state index < -0.39 is 35.9 Å². The number of esters is 1. The standard InChI is InChI=1S/C23H27N3O5S/c1-12(2)15-7-9-16(10-8-15)23(5)21(29)26(22(30)25-23)11-17(27)24-19-18(20(28)31-6)13(3)14(4)32-19/h7-10,12H,11H2,1-6H3,(H,24,27)(H,25,30). The number of anilines is 1. The quantitative estimate of drug-likeness (QED) is 0.509. The molecule has 0 radical (unpaired) electrons. The van der Waals surface area contributed by atoms with Gasteiger partial charge >= 0.3 is 12.0 Å². The van der Waals surface area contributed by atoms with E-state index >= 15 is 0 Å². The lowest BCUT2D eigenvalue weighted by atomic mass is 9.90. The lowest BCUT2D eigenvalue weighted by Crippen LogP contribution is -2.42. The normalized spacial score (nSPS) is 18.2. The zero-order valence-electron chi connectivity index (χ0n) is 19.0. The van der Waals surface area contributed by atoms with Gasteiger partial charge < -0.3 is 15.4 Å². The van der Waals surface area contributed by atoms with Gasteiger partial charge in [-0.25, -0.2) is 9.59 Å². The molecule has 1 aliphatic heterocycles. The fourth-order valence-electron chi connectivity index (χ4n) is 3.61. The van der Waals surface area contributed by atoms with Gasteiger partial charge in [0, 0.05) is 4.88 Å². The Morgan fingerprint density at radius 2 is 1.81 bits per heavy atom. The number of carbonyl (C=O) groups is 4. The lowest BCUT2D eigenvalue weighted by molar-refractivity contribution is -0.133. The Kier molecular flexibility index (Phi) is 6.41. The zero-order valence-corrected chi connectivity index (χ0v) is 19.8. The summed E-state index contributed by atoms with van der Waals surface area (Å²) < 4.78 is 4.81. The van der Waals surface area contributed by atoms with Gasteiger partial charge in [0.05, 0.1) is 12.7 Å². The lowest BCUT2D eigenvalue weighted by Gasteiger charge is -2.22. The van der Waals surface area contributed by atoms with Crippen LogP contribution in [0.1, 0.15) is 58.6 Å². The maximum Gasteiger partial charge on any atom is 0.341 e. The molecule has 1 aromatic heterocycles. The van der Waals surface area contributed by atoms with Gasteiger partial charge in [-0.3, -0.25) is 14.5 Å². The van der Waals surface area contributed by atoms with Crippen molar-refractivity contribution in [1.29, 1.82) is 0 Å². The predicted octanol–water partition coefficient (Wildman–Crippen LogP) is 3.68. The fourth-order valence-corrected chi connectivity index (χ4v) is 4.67. The summed E-state index contributed by atoms with van der Waals surface area (Å²) in [6.07, 6.45) is 0. The third-order valence-electron chi connectivity index (χ3n) is 5.76. The largest absolute Gasteiger partial charge is 0.465 e. The first kappa shape index (κ1) is 23.5. The molecule has 3 rings (SSSR count). The first-order valence-corrected chi connectivity index (χ1v) is 11.0. The number of benzene rings is 1. The molecule has 170 valence electrons. The van der Waals surface area contributed by atoms with Gasteiger partial charge in [-0.05, 0) is 43.4 Å². The minimum atomic E-state index is -1.26. The predicted molar refractivity (Wildman–Crippen MR) is 122 cm³/mol. The van der Waals surface area contributed by atoms with Crippen LogP contribution in [0.25, 0.3) is 0 Å². The van der Waals surface area contributed by atoms with Crippen LogP contribution in [0, 0.1) is 13.8 Å². The van der Waals surface area contributed by atoms with E-state index in [4.69, 9.17) is 4.74 Å². The van der Waals surface area contributed by atoms with Crippen molar-refractivity contribution in [2.45, 2.75) is 46.1 Å². The Labute approximate surface area is 190 Å². The Hall–Kier alpha value is -3.20. The van der Waals surface area contributed by atoms with Crippen molar-refractivity contribution < 1.29 is 23.9 Å². The number of carbonyl (C=O) groups excluding carboxylic acids is 4. The highest BCUT2D eigenvalue weighted by atomic mass is 32.1. The summed E-state index contributed by atoms with van der Waals surface area (Å²) in [6, 6.07) is 6.84. The number of hydrogen-bond donors (Lipinski definition) is 2. The minimum Gasteiger partial charge on any atom is -0.465 e. The second kappa shape index (κ2) is 8.74. The van der Waals surface area contributed by atoms with Crippen LogP contribution >= 0.6 is 11.3 Å². The molecule has 0 spiro atoms. The molecular formula is C23H27N3O5S. The molecule has 32 heavy (non-hydrogen) atoms. The molecule has 1 atom stereocenters. The molecule has 1 saturated heterocycles. The van der Waals surface area contributed by atoms with Crippen molar-refractivity contribution in [3.8, 4) is 0 Å². The summed E-state index contributed by atoms with van der Waals surface area (Å²) in [7, 11) is 1.27. The van der Waals surface area contributed by atoms with Crippen molar-refractivity contribution >= 4 is 40.2 Å². The number of ether oxygens (including phenoxy) is 1. The number of thiophene rings is 1. The van der Waals surface area contributed by atoms with E-state index in [-0.39, 0.29) is 5.56 Å². The van der Waals surface area contributed by atoms with Crippen molar-refractivity contribution in [3.05, 3.63) is 51.4 Å². The van der Waals surface area contributed by atoms with Crippen LogP contribution in [0.4, 0.5) is 9.80 Å². The summed E-state index contributed by atoms with van der Waals surface area (Å²) in [5.41, 5.74) is 1.48. The molecule has 8 nitrogen and oxygen atoms in total. The highest BCUT2D eigenvalue weighted by Crippen LogP contribution is 2.33. The van der Waals surface area contributed by atoms with Gasteiger partial charge in [-0.15, -0.1) is 11.3 Å². The van der Waals surface area contributed by atoms with Crippen LogP contribution in [0.15, 0.2) is 24.3 Å². The van der Waals surface area contributed by atoms with Gasteiger partial charge in [-0.2, -0.15) is 0 Å². The smallest absolute Gasteiger partial charge is 0.341 e. The zero-order chi connectivity index (χ0) is 23.8. The number of nitrogens with zero attached hydrogens (tertiary/aromatic N) is 1. The van der Waals surface area contributed by atoms with Crippen molar-refractivity contribution in [2.24, 2.45) is 0 Å². The van der Waals surface area contributed by atoms with E-state index in [1.807, 2.05) is 31.2 Å². The van der Waals surface area contributed by atoms with Gasteiger partial charge in [0.25, 0.3) is 5.91 Å². The summed E-state index contributed by atoms with van der Waals surface area (Å²) in [6.45, 7) is 8.89. The molecule has 0 saturated carbocycles. The van der Waals surface area contributed by atoms with E-state index in [1.54, 1.807) is 13.8 Å². The van der Waals surface area contributed by atoms with E-state index in [0.717, 1.165) is 15.3 Å². The summed E-state index contributed by atoms with van der Waals surface area (Å²) in [5.74, 6) is -1.32. The number of nitrogens with one attached hydrogen (secondary N) is 2. The monoisotopic (exact) mass is 457 g/mol. The molecule has 1 fully saturated rings. The van der Waals surface area contributed by atoms with Crippen LogP contribution in [0.3, 0.4) is 0 Å². The third-order valence-corrected chi connectivity index (χ3v) is 6.88. The molecule has 1 aliphatic rings. The number of methoxy groups -OCH3 is 1. The second-order valence-electron chi connectivity index (χ2n) is 8.25. The molecule has 2 aromatic rings. The molecule has 2 heterocycles. The molecule has 1 unspecified atom stereocenters. The second-order valence-corrected chi connectivity index (χ2v) is 9.48. The average Bonchev–Trinajstić information content (AvgIpc) is 3.14. The highest BCUT2D eigenvalue weighted by molar-refractivity contribution is 7.16. The van der Waals surface area contributed by atoms with Crippen LogP contribution in [-0.4, -0.2) is 42.4 Å². The van der Waals surface area contributed by atoms with E-state index in [9.17, 15) is 19.2 Å². The van der Waals surface area contributed by atoms with Gasteiger partial charge in [-0.1, -0.05) is 38.1 Å². The Morgan fingerprint density at radius 1 is 1.19 bits per heavy atom. The highest BCUT2D eigenvalue weighted by Gasteiger charge is 2.49. The van der Waals surface area contributed by atoms with Crippen LogP contribution in [0.5, 0.6) is 0 Å². The van der Waals surface area contributed by atoms with E-state index in [2.05, 4.69) is 24.5 Å². The van der Waals surface area contributed by atoms with Crippen molar-refractivity contribution in [3.63, 3.8) is 0 Å². The number of urea groups is 1. The van der Waals surface area contributed by atoms with Crippen LogP contribution in [0.2, 0.25) is 0 Å². The molecule has 0 aliphatic carbocycles. The average molecular weight is 458 g/mol. The number of rotatable bonds is 6. The summed E-state index contributed by atoms with van der Waals surface area (Å²) >= 11 is 1.24. The molecule has 9 heteroatoms. The maximum absolute atomic E-state index is 13.1. The van der Waals surface area contributed by atoms with Crippen molar-refractivity contribution in [1.82, 2.24) is 10.2 Å². The van der Waals surface area contributed by atoms with E-state index in [0.29, 0.717) is 22.0 Å². The fraction of sp³-hybridized carbons (Fsp3) is 0.391. The maximum atomic E-state index is 13.1. The Morgan fingerprint density at radius 3 is 2.38 bits per heavy atom. The van der Waals surface area contributed by atoms with Crippen molar-refractivity contribution in [2.75, 3.05) is 19.0 Å². The molecule has 1 aromatic carbocycles. The number of hydrogen-bond acceptors (Lipinski definition) is 6. The minimum absolute atomic E-state index is 0.274. The number of imide groups is 1. The molecule has 4 amide bonds. The Balaban J connectivity index is 1.78. The topological polar surface area (TPSA) is 105 Å². The number of amides is 4. The van der Waals surface area contributed by atoms with Gasteiger partial charge in [0.15, 0.2) is 0 Å². The van der Waals surface area contributed by atoms with Crippen LogP contribution < -0.4 is 10.6 Å². The Bertz CT molecular complexity index is 1090. The molecular weight excluding hydrogens is 430 g/mol. The van der Waals surface area contributed by atoms with Gasteiger partial charge in [0.1, 0.15) is 17.1 Å². The molecule has 2 N–H and O–H groups in total. The third kappa shape index (κ3) is 4.12. The molecule has 0 bridgehead atoms. The summed E-state index contributed by atoms with van der Waals surface area (Å²) in [5, 5.41) is 5.68. The summed E-state index contributed by atoms with van der Waals surface area (Å²) in [4.78, 5) is 52.2. The first-order valence-electron chi connectivity index (χ1n) is 10.2. The number of aryl methyl sites for hydroxylation is 1. The van der Waals surface area contributed by atoms with Gasteiger partial charge in [0.2, 0.25) is 5.91 Å². The van der Waals surface area contributed by atoms with Crippen LogP contribution in [-0.2, 0) is 19.9 Å². The van der Waals surface area contributed by atoms with E-state index in [1.165, 1.54) is 18.4 Å². The SMILES string of the molecule is COC(=O)c1c(NC(=O)CN2C(=O)NC(C)(c3ccc(C(C)C)cc3)C2=O)sc(C)c1C. The first-order chi connectivity index (χ1) is 15.0.